The Balaban J connectivity index is 2.53. The fourth-order valence-electron chi connectivity index (χ4n) is 2.12. The average Bonchev–Trinajstić information content (AvgIpc) is 2.39. The van der Waals surface area contributed by atoms with E-state index in [4.69, 9.17) is 4.74 Å². The standard InChI is InChI=1S/C17H28N2O2/c1-12-10-13(2)14(3)16(11-12)21-15(4)17(20)18-8-7-9-19(5)6/h10-11,15H,7-9H2,1-6H3,(H,18,20)/t15-/m1/s1. The summed E-state index contributed by atoms with van der Waals surface area (Å²) < 4.78 is 5.82. The zero-order valence-corrected chi connectivity index (χ0v) is 14.1. The maximum absolute atomic E-state index is 12.0. The molecule has 1 rings (SSSR count). The Labute approximate surface area is 128 Å². The smallest absolute Gasteiger partial charge is 0.260 e. The zero-order valence-electron chi connectivity index (χ0n) is 14.1. The molecule has 1 N–H and O–H groups in total. The Morgan fingerprint density at radius 1 is 1.29 bits per heavy atom. The van der Waals surface area contributed by atoms with E-state index in [2.05, 4.69) is 23.2 Å². The summed E-state index contributed by atoms with van der Waals surface area (Å²) in [6, 6.07) is 4.10. The van der Waals surface area contributed by atoms with Crippen LogP contribution in [0.2, 0.25) is 0 Å². The van der Waals surface area contributed by atoms with Crippen molar-refractivity contribution in [3.8, 4) is 5.75 Å². The van der Waals surface area contributed by atoms with Crippen LogP contribution < -0.4 is 10.1 Å². The van der Waals surface area contributed by atoms with Gasteiger partial charge in [-0.05, 0) is 77.5 Å². The van der Waals surface area contributed by atoms with Crippen molar-refractivity contribution in [1.82, 2.24) is 10.2 Å². The molecule has 1 atom stereocenters. The topological polar surface area (TPSA) is 41.6 Å². The average molecular weight is 292 g/mol. The van der Waals surface area contributed by atoms with Crippen LogP contribution in [-0.2, 0) is 4.79 Å². The first kappa shape index (κ1) is 17.5. The van der Waals surface area contributed by atoms with Crippen LogP contribution in [-0.4, -0.2) is 44.1 Å². The first-order valence-electron chi connectivity index (χ1n) is 7.48. The molecule has 1 aromatic carbocycles. The molecule has 1 amide bonds. The zero-order chi connectivity index (χ0) is 16.0. The summed E-state index contributed by atoms with van der Waals surface area (Å²) in [6.45, 7) is 9.54. The number of benzene rings is 1. The molecule has 4 heteroatoms. The van der Waals surface area contributed by atoms with Crippen molar-refractivity contribution in [1.29, 1.82) is 0 Å². The highest BCUT2D eigenvalue weighted by atomic mass is 16.5. The molecule has 0 unspecified atom stereocenters. The number of hydrogen-bond acceptors (Lipinski definition) is 3. The second-order valence-electron chi connectivity index (χ2n) is 5.91. The van der Waals surface area contributed by atoms with E-state index in [1.165, 1.54) is 5.56 Å². The van der Waals surface area contributed by atoms with Gasteiger partial charge >= 0.3 is 0 Å². The Bertz CT molecular complexity index is 484. The lowest BCUT2D eigenvalue weighted by molar-refractivity contribution is -0.127. The van der Waals surface area contributed by atoms with E-state index in [1.54, 1.807) is 6.92 Å². The van der Waals surface area contributed by atoms with Crippen molar-refractivity contribution >= 4 is 5.91 Å². The van der Waals surface area contributed by atoms with E-state index in [9.17, 15) is 4.79 Å². The van der Waals surface area contributed by atoms with Crippen LogP contribution in [0.5, 0.6) is 5.75 Å². The fraction of sp³-hybridized carbons (Fsp3) is 0.588. The summed E-state index contributed by atoms with van der Waals surface area (Å²) in [4.78, 5) is 14.1. The van der Waals surface area contributed by atoms with Crippen molar-refractivity contribution in [2.24, 2.45) is 0 Å². The van der Waals surface area contributed by atoms with Crippen LogP contribution in [0.4, 0.5) is 0 Å². The molecular formula is C17H28N2O2. The molecule has 4 nitrogen and oxygen atoms in total. The highest BCUT2D eigenvalue weighted by molar-refractivity contribution is 5.80. The van der Waals surface area contributed by atoms with Crippen molar-refractivity contribution in [2.75, 3.05) is 27.2 Å². The number of rotatable bonds is 7. The monoisotopic (exact) mass is 292 g/mol. The summed E-state index contributed by atoms with van der Waals surface area (Å²) >= 11 is 0. The third kappa shape index (κ3) is 5.76. The number of nitrogens with zero attached hydrogens (tertiary/aromatic N) is 1. The lowest BCUT2D eigenvalue weighted by atomic mass is 10.1. The first-order valence-corrected chi connectivity index (χ1v) is 7.48. The molecule has 0 bridgehead atoms. The number of hydrogen-bond donors (Lipinski definition) is 1. The van der Waals surface area contributed by atoms with Gasteiger partial charge in [0, 0.05) is 6.54 Å². The molecule has 0 aliphatic heterocycles. The van der Waals surface area contributed by atoms with Crippen molar-refractivity contribution < 1.29 is 9.53 Å². The molecule has 21 heavy (non-hydrogen) atoms. The fourth-order valence-corrected chi connectivity index (χ4v) is 2.12. The van der Waals surface area contributed by atoms with Crippen LogP contribution in [0.25, 0.3) is 0 Å². The Morgan fingerprint density at radius 3 is 2.57 bits per heavy atom. The van der Waals surface area contributed by atoms with Crippen LogP contribution >= 0.6 is 0 Å². The predicted molar refractivity (Wildman–Crippen MR) is 86.9 cm³/mol. The molecule has 0 aliphatic rings. The largest absolute Gasteiger partial charge is 0.481 e. The summed E-state index contributed by atoms with van der Waals surface area (Å²) in [5, 5.41) is 2.92. The third-order valence-electron chi connectivity index (χ3n) is 3.52. The van der Waals surface area contributed by atoms with Gasteiger partial charge < -0.3 is 15.0 Å². The minimum Gasteiger partial charge on any atom is -0.481 e. The third-order valence-corrected chi connectivity index (χ3v) is 3.52. The molecule has 0 radical (unpaired) electrons. The van der Waals surface area contributed by atoms with Gasteiger partial charge in [0.1, 0.15) is 5.75 Å². The number of carbonyl (C=O) groups excluding carboxylic acids is 1. The maximum Gasteiger partial charge on any atom is 0.260 e. The van der Waals surface area contributed by atoms with E-state index in [1.807, 2.05) is 34.0 Å². The van der Waals surface area contributed by atoms with Gasteiger partial charge in [0.05, 0.1) is 0 Å². The number of ether oxygens (including phenoxy) is 1. The van der Waals surface area contributed by atoms with Gasteiger partial charge in [0.2, 0.25) is 0 Å². The molecular weight excluding hydrogens is 264 g/mol. The highest BCUT2D eigenvalue weighted by Gasteiger charge is 2.15. The van der Waals surface area contributed by atoms with E-state index in [-0.39, 0.29) is 5.91 Å². The van der Waals surface area contributed by atoms with Gasteiger partial charge in [0.25, 0.3) is 5.91 Å². The molecule has 0 spiro atoms. The summed E-state index contributed by atoms with van der Waals surface area (Å²) in [5.41, 5.74) is 3.42. The maximum atomic E-state index is 12.0. The van der Waals surface area contributed by atoms with Gasteiger partial charge in [-0.15, -0.1) is 0 Å². The SMILES string of the molecule is Cc1cc(C)c(C)c(O[C@H](C)C(=O)NCCCN(C)C)c1. The van der Waals surface area contributed by atoms with E-state index >= 15 is 0 Å². The molecule has 0 heterocycles. The van der Waals surface area contributed by atoms with Crippen LogP contribution in [0.1, 0.15) is 30.0 Å². The van der Waals surface area contributed by atoms with Crippen LogP contribution in [0, 0.1) is 20.8 Å². The summed E-state index contributed by atoms with van der Waals surface area (Å²) in [5.74, 6) is 0.732. The molecule has 0 saturated carbocycles. The van der Waals surface area contributed by atoms with Gasteiger partial charge in [-0.25, -0.2) is 0 Å². The first-order chi connectivity index (χ1) is 9.81. The second kappa shape index (κ2) is 8.03. The van der Waals surface area contributed by atoms with Crippen molar-refractivity contribution in [3.63, 3.8) is 0 Å². The Kier molecular flexibility index (Phi) is 6.69. The van der Waals surface area contributed by atoms with Gasteiger partial charge in [-0.1, -0.05) is 6.07 Å². The minimum absolute atomic E-state index is 0.0627. The molecule has 0 saturated heterocycles. The summed E-state index contributed by atoms with van der Waals surface area (Å²) in [6.07, 6.45) is 0.456. The van der Waals surface area contributed by atoms with E-state index in [0.717, 1.165) is 29.8 Å². The van der Waals surface area contributed by atoms with Crippen molar-refractivity contribution in [3.05, 3.63) is 28.8 Å². The molecule has 0 fully saturated rings. The van der Waals surface area contributed by atoms with E-state index in [0.29, 0.717) is 6.54 Å². The molecule has 1 aromatic rings. The number of amides is 1. The number of aryl methyl sites for hydroxylation is 2. The highest BCUT2D eigenvalue weighted by Crippen LogP contribution is 2.24. The van der Waals surface area contributed by atoms with Crippen molar-refractivity contribution in [2.45, 2.75) is 40.2 Å². The lowest BCUT2D eigenvalue weighted by Crippen LogP contribution is -2.37. The lowest BCUT2D eigenvalue weighted by Gasteiger charge is -2.18. The van der Waals surface area contributed by atoms with Gasteiger partial charge in [-0.2, -0.15) is 0 Å². The minimum atomic E-state index is -0.482. The quantitative estimate of drug-likeness (QED) is 0.785. The molecule has 0 aliphatic carbocycles. The number of carbonyl (C=O) groups is 1. The van der Waals surface area contributed by atoms with Gasteiger partial charge in [-0.3, -0.25) is 4.79 Å². The number of nitrogens with one attached hydrogen (secondary N) is 1. The molecule has 118 valence electrons. The normalized spacial score (nSPS) is 12.3. The predicted octanol–water partition coefficient (Wildman–Crippen LogP) is 2.45. The van der Waals surface area contributed by atoms with Crippen LogP contribution in [0.15, 0.2) is 12.1 Å². The Morgan fingerprint density at radius 2 is 1.95 bits per heavy atom. The van der Waals surface area contributed by atoms with Crippen LogP contribution in [0.3, 0.4) is 0 Å². The summed E-state index contributed by atoms with van der Waals surface area (Å²) in [7, 11) is 4.05. The van der Waals surface area contributed by atoms with E-state index < -0.39 is 6.10 Å². The Hall–Kier alpha value is -1.55. The molecule has 0 aromatic heterocycles. The second-order valence-corrected chi connectivity index (χ2v) is 5.91. The van der Waals surface area contributed by atoms with Gasteiger partial charge in [0.15, 0.2) is 6.10 Å².